The van der Waals surface area contributed by atoms with Gasteiger partial charge in [0, 0.05) is 12.0 Å². The zero-order valence-electron chi connectivity index (χ0n) is 12.2. The van der Waals surface area contributed by atoms with Gasteiger partial charge in [-0.25, -0.2) is 0 Å². The van der Waals surface area contributed by atoms with E-state index in [9.17, 15) is 0 Å². The molecule has 0 radical (unpaired) electrons. The molecule has 18 heavy (non-hydrogen) atoms. The summed E-state index contributed by atoms with van der Waals surface area (Å²) in [6.45, 7) is 8.87. The first-order valence-electron chi connectivity index (χ1n) is 7.46. The quantitative estimate of drug-likeness (QED) is 0.841. The summed E-state index contributed by atoms with van der Waals surface area (Å²) in [5.74, 6) is 0. The summed E-state index contributed by atoms with van der Waals surface area (Å²) in [6.07, 6.45) is 6.89. The van der Waals surface area contributed by atoms with Crippen molar-refractivity contribution >= 4 is 0 Å². The Labute approximate surface area is 112 Å². The maximum atomic E-state index is 3.60. The lowest BCUT2D eigenvalue weighted by atomic mass is 9.69. The molecule has 1 aliphatic rings. The molecule has 1 aromatic rings. The minimum Gasteiger partial charge on any atom is -0.316 e. The Morgan fingerprint density at radius 2 is 1.61 bits per heavy atom. The molecule has 0 aromatic heterocycles. The monoisotopic (exact) mass is 245 g/mol. The predicted octanol–water partition coefficient (Wildman–Crippen LogP) is 4.11. The summed E-state index contributed by atoms with van der Waals surface area (Å²) in [6, 6.07) is 7.11. The number of nitrogens with one attached hydrogen (secondary N) is 1. The van der Waals surface area contributed by atoms with E-state index in [1.54, 1.807) is 5.56 Å². The first kappa shape index (κ1) is 13.6. The van der Waals surface area contributed by atoms with Crippen LogP contribution in [0, 0.1) is 13.8 Å². The third-order valence-electron chi connectivity index (χ3n) is 4.36. The Hall–Kier alpha value is -0.820. The zero-order valence-corrected chi connectivity index (χ0v) is 12.2. The first-order chi connectivity index (χ1) is 8.66. The second-order valence-corrected chi connectivity index (χ2v) is 6.00. The van der Waals surface area contributed by atoms with Crippen LogP contribution in [-0.2, 0) is 5.41 Å². The molecule has 2 rings (SSSR count). The Morgan fingerprint density at radius 1 is 1.00 bits per heavy atom. The van der Waals surface area contributed by atoms with Crippen molar-refractivity contribution in [2.45, 2.75) is 58.3 Å². The molecule has 1 aliphatic carbocycles. The summed E-state index contributed by atoms with van der Waals surface area (Å²) in [5, 5.41) is 3.60. The van der Waals surface area contributed by atoms with Gasteiger partial charge in [0.25, 0.3) is 0 Å². The van der Waals surface area contributed by atoms with E-state index in [1.807, 2.05) is 0 Å². The van der Waals surface area contributed by atoms with Crippen molar-refractivity contribution in [2.75, 3.05) is 13.1 Å². The van der Waals surface area contributed by atoms with Crippen LogP contribution in [0.4, 0.5) is 0 Å². The van der Waals surface area contributed by atoms with Crippen molar-refractivity contribution in [1.29, 1.82) is 0 Å². The van der Waals surface area contributed by atoms with Crippen LogP contribution in [0.3, 0.4) is 0 Å². The van der Waals surface area contributed by atoms with Crippen LogP contribution in [0.15, 0.2) is 18.2 Å². The van der Waals surface area contributed by atoms with Gasteiger partial charge in [-0.05, 0) is 38.8 Å². The van der Waals surface area contributed by atoms with Crippen molar-refractivity contribution in [3.63, 3.8) is 0 Å². The highest BCUT2D eigenvalue weighted by Crippen LogP contribution is 2.39. The van der Waals surface area contributed by atoms with Gasteiger partial charge in [0.05, 0.1) is 0 Å². The molecular formula is C17H27N. The fourth-order valence-electron chi connectivity index (χ4n) is 3.44. The van der Waals surface area contributed by atoms with Crippen LogP contribution in [0.1, 0.15) is 55.7 Å². The molecule has 1 aromatic carbocycles. The van der Waals surface area contributed by atoms with Crippen molar-refractivity contribution in [3.8, 4) is 0 Å². The van der Waals surface area contributed by atoms with Crippen molar-refractivity contribution in [1.82, 2.24) is 5.32 Å². The number of hydrogen-bond acceptors (Lipinski definition) is 1. The molecule has 0 atom stereocenters. The highest BCUT2D eigenvalue weighted by Gasteiger charge is 2.33. The minimum absolute atomic E-state index is 0.394. The fourth-order valence-corrected chi connectivity index (χ4v) is 3.44. The van der Waals surface area contributed by atoms with Crippen LogP contribution >= 0.6 is 0 Å². The van der Waals surface area contributed by atoms with Crippen LogP contribution in [0.5, 0.6) is 0 Å². The molecule has 1 N–H and O–H groups in total. The first-order valence-corrected chi connectivity index (χ1v) is 7.46. The van der Waals surface area contributed by atoms with Gasteiger partial charge in [0.15, 0.2) is 0 Å². The molecule has 1 nitrogen and oxygen atoms in total. The standard InChI is InChI=1S/C17H27N/c1-4-18-13-17(8-6-5-7-9-17)16-11-14(2)10-15(3)12-16/h10-12,18H,4-9,13H2,1-3H3. The Bertz CT molecular complexity index is 368. The number of aryl methyl sites for hydroxylation is 2. The van der Waals surface area contributed by atoms with Crippen molar-refractivity contribution in [2.24, 2.45) is 0 Å². The van der Waals surface area contributed by atoms with Crippen LogP contribution in [-0.4, -0.2) is 13.1 Å². The normalized spacial score (nSPS) is 18.8. The topological polar surface area (TPSA) is 12.0 Å². The predicted molar refractivity (Wildman–Crippen MR) is 79.2 cm³/mol. The Morgan fingerprint density at radius 3 is 2.17 bits per heavy atom. The van der Waals surface area contributed by atoms with E-state index >= 15 is 0 Å². The molecule has 0 aliphatic heterocycles. The lowest BCUT2D eigenvalue weighted by molar-refractivity contribution is 0.281. The van der Waals surface area contributed by atoms with E-state index in [4.69, 9.17) is 0 Å². The van der Waals surface area contributed by atoms with Crippen LogP contribution in [0.2, 0.25) is 0 Å². The van der Waals surface area contributed by atoms with Gasteiger partial charge in [-0.15, -0.1) is 0 Å². The fraction of sp³-hybridized carbons (Fsp3) is 0.647. The lowest BCUT2D eigenvalue weighted by Gasteiger charge is -2.38. The molecule has 0 saturated heterocycles. The summed E-state index contributed by atoms with van der Waals surface area (Å²) < 4.78 is 0. The second-order valence-electron chi connectivity index (χ2n) is 6.00. The second kappa shape index (κ2) is 5.88. The average Bonchev–Trinajstić information content (AvgIpc) is 2.36. The smallest absolute Gasteiger partial charge is 0.00779 e. The number of hydrogen-bond donors (Lipinski definition) is 1. The molecule has 1 fully saturated rings. The molecule has 0 spiro atoms. The molecule has 0 unspecified atom stereocenters. The van der Waals surface area contributed by atoms with Gasteiger partial charge in [0.2, 0.25) is 0 Å². The molecule has 0 heterocycles. The van der Waals surface area contributed by atoms with Crippen LogP contribution < -0.4 is 5.32 Å². The van der Waals surface area contributed by atoms with Gasteiger partial charge in [-0.2, -0.15) is 0 Å². The highest BCUT2D eigenvalue weighted by atomic mass is 14.9. The average molecular weight is 245 g/mol. The van der Waals surface area contributed by atoms with Crippen LogP contribution in [0.25, 0.3) is 0 Å². The van der Waals surface area contributed by atoms with Gasteiger partial charge in [-0.3, -0.25) is 0 Å². The maximum Gasteiger partial charge on any atom is 0.00779 e. The van der Waals surface area contributed by atoms with Gasteiger partial charge >= 0.3 is 0 Å². The third kappa shape index (κ3) is 2.95. The Balaban J connectivity index is 2.31. The summed E-state index contributed by atoms with van der Waals surface area (Å²) in [4.78, 5) is 0. The molecule has 1 heteroatoms. The minimum atomic E-state index is 0.394. The molecular weight excluding hydrogens is 218 g/mol. The Kier molecular flexibility index (Phi) is 4.45. The highest BCUT2D eigenvalue weighted by molar-refractivity contribution is 5.35. The molecule has 0 bridgehead atoms. The van der Waals surface area contributed by atoms with E-state index in [2.05, 4.69) is 44.3 Å². The molecule has 0 amide bonds. The van der Waals surface area contributed by atoms with E-state index < -0.39 is 0 Å². The maximum absolute atomic E-state index is 3.60. The summed E-state index contributed by atoms with van der Waals surface area (Å²) >= 11 is 0. The van der Waals surface area contributed by atoms with Gasteiger partial charge in [0.1, 0.15) is 0 Å². The van der Waals surface area contributed by atoms with Crippen molar-refractivity contribution in [3.05, 3.63) is 34.9 Å². The van der Waals surface area contributed by atoms with E-state index in [0.717, 1.165) is 13.1 Å². The molecule has 100 valence electrons. The van der Waals surface area contributed by atoms with Crippen molar-refractivity contribution < 1.29 is 0 Å². The number of likely N-dealkylation sites (N-methyl/N-ethyl adjacent to an activating group) is 1. The zero-order chi connectivity index (χ0) is 13.0. The number of benzene rings is 1. The van der Waals surface area contributed by atoms with E-state index in [0.29, 0.717) is 5.41 Å². The van der Waals surface area contributed by atoms with Gasteiger partial charge in [-0.1, -0.05) is 55.5 Å². The van der Waals surface area contributed by atoms with Gasteiger partial charge < -0.3 is 5.32 Å². The largest absolute Gasteiger partial charge is 0.316 e. The SMILES string of the molecule is CCNCC1(c2cc(C)cc(C)c2)CCCCC1. The van der Waals surface area contributed by atoms with E-state index in [1.165, 1.54) is 43.2 Å². The lowest BCUT2D eigenvalue weighted by Crippen LogP contribution is -2.40. The molecule has 1 saturated carbocycles. The summed E-state index contributed by atoms with van der Waals surface area (Å²) in [5.41, 5.74) is 4.78. The third-order valence-corrected chi connectivity index (χ3v) is 4.36. The number of rotatable bonds is 4. The summed E-state index contributed by atoms with van der Waals surface area (Å²) in [7, 11) is 0. The van der Waals surface area contributed by atoms with E-state index in [-0.39, 0.29) is 0 Å².